The van der Waals surface area contributed by atoms with Crippen LogP contribution in [0.2, 0.25) is 0 Å². The summed E-state index contributed by atoms with van der Waals surface area (Å²) >= 11 is 0. The molecule has 0 aromatic carbocycles. The fourth-order valence-corrected chi connectivity index (χ4v) is 3.14. The minimum absolute atomic E-state index is 0.148. The Hall–Kier alpha value is -2.52. The Labute approximate surface area is 158 Å². The molecule has 27 heavy (non-hydrogen) atoms. The van der Waals surface area contributed by atoms with Crippen molar-refractivity contribution in [3.63, 3.8) is 0 Å². The molecule has 9 nitrogen and oxygen atoms in total. The average Bonchev–Trinajstić information content (AvgIpc) is 2.74. The Morgan fingerprint density at radius 3 is 2.59 bits per heavy atom. The van der Waals surface area contributed by atoms with Gasteiger partial charge in [-0.2, -0.15) is 0 Å². The number of nitrogens with one attached hydrogen (secondary N) is 1. The summed E-state index contributed by atoms with van der Waals surface area (Å²) in [7, 11) is 0. The molecule has 3 amide bonds. The van der Waals surface area contributed by atoms with E-state index in [9.17, 15) is 14.4 Å². The van der Waals surface area contributed by atoms with Crippen molar-refractivity contribution in [2.24, 2.45) is 0 Å². The number of piperazine rings is 1. The number of rotatable bonds is 6. The lowest BCUT2D eigenvalue weighted by molar-refractivity contribution is -0.119. The van der Waals surface area contributed by atoms with Crippen molar-refractivity contribution >= 4 is 18.2 Å². The molecule has 3 heterocycles. The number of hydrogen-bond acceptors (Lipinski definition) is 6. The summed E-state index contributed by atoms with van der Waals surface area (Å²) < 4.78 is 5.30. The van der Waals surface area contributed by atoms with E-state index in [0.717, 1.165) is 39.3 Å². The van der Waals surface area contributed by atoms with Crippen LogP contribution >= 0.6 is 0 Å². The maximum Gasteiger partial charge on any atom is 0.269 e. The molecule has 0 radical (unpaired) electrons. The number of ether oxygens (including phenoxy) is 1. The lowest BCUT2D eigenvalue weighted by Crippen LogP contribution is -2.48. The number of pyridine rings is 1. The molecule has 2 fully saturated rings. The second kappa shape index (κ2) is 9.43. The van der Waals surface area contributed by atoms with E-state index in [0.29, 0.717) is 38.3 Å². The van der Waals surface area contributed by atoms with Crippen molar-refractivity contribution in [2.45, 2.75) is 0 Å². The van der Waals surface area contributed by atoms with Crippen LogP contribution in [0.25, 0.3) is 0 Å². The minimum atomic E-state index is -0.288. The fraction of sp³-hybridized carbons (Fsp3) is 0.556. The molecule has 2 aliphatic rings. The van der Waals surface area contributed by atoms with E-state index >= 15 is 0 Å². The summed E-state index contributed by atoms with van der Waals surface area (Å²) in [6.07, 6.45) is 2.28. The van der Waals surface area contributed by atoms with Crippen molar-refractivity contribution in [1.29, 1.82) is 0 Å². The monoisotopic (exact) mass is 375 g/mol. The first-order valence-corrected chi connectivity index (χ1v) is 9.20. The van der Waals surface area contributed by atoms with E-state index < -0.39 is 0 Å². The first-order valence-electron chi connectivity index (χ1n) is 9.20. The van der Waals surface area contributed by atoms with E-state index in [1.165, 1.54) is 12.3 Å². The number of morpholine rings is 1. The Kier molecular flexibility index (Phi) is 6.72. The SMILES string of the molecule is O=CN1CCN(C(=O)c2ccnc(C(=O)NCCN3CCOCC3)c2)CC1. The van der Waals surface area contributed by atoms with Gasteiger partial charge in [-0.05, 0) is 12.1 Å². The first kappa shape index (κ1) is 19.2. The predicted molar refractivity (Wildman–Crippen MR) is 97.4 cm³/mol. The van der Waals surface area contributed by atoms with Gasteiger partial charge in [0.05, 0.1) is 13.2 Å². The third-order valence-corrected chi connectivity index (χ3v) is 4.81. The summed E-state index contributed by atoms with van der Waals surface area (Å²) in [6.45, 7) is 6.49. The molecule has 0 unspecified atom stereocenters. The molecule has 0 saturated carbocycles. The average molecular weight is 375 g/mol. The molecule has 146 valence electrons. The van der Waals surface area contributed by atoms with Crippen LogP contribution in [-0.2, 0) is 9.53 Å². The topological polar surface area (TPSA) is 95.1 Å². The molecule has 0 spiro atoms. The summed E-state index contributed by atoms with van der Waals surface area (Å²) in [5.41, 5.74) is 0.664. The van der Waals surface area contributed by atoms with Crippen LogP contribution < -0.4 is 5.32 Å². The third kappa shape index (κ3) is 5.24. The highest BCUT2D eigenvalue weighted by Crippen LogP contribution is 2.09. The zero-order chi connectivity index (χ0) is 19.1. The summed E-state index contributed by atoms with van der Waals surface area (Å²) in [5.74, 6) is -0.436. The van der Waals surface area contributed by atoms with Gasteiger partial charge in [0.25, 0.3) is 11.8 Å². The van der Waals surface area contributed by atoms with E-state index in [4.69, 9.17) is 4.74 Å². The van der Waals surface area contributed by atoms with Crippen LogP contribution in [0.4, 0.5) is 0 Å². The van der Waals surface area contributed by atoms with Gasteiger partial charge in [-0.25, -0.2) is 0 Å². The van der Waals surface area contributed by atoms with E-state index in [2.05, 4.69) is 15.2 Å². The molecule has 0 aliphatic carbocycles. The molecular formula is C18H25N5O4. The molecule has 2 aliphatic heterocycles. The maximum atomic E-state index is 12.6. The van der Waals surface area contributed by atoms with Gasteiger partial charge >= 0.3 is 0 Å². The molecule has 1 N–H and O–H groups in total. The summed E-state index contributed by atoms with van der Waals surface area (Å²) in [6, 6.07) is 3.14. The lowest BCUT2D eigenvalue weighted by Gasteiger charge is -2.32. The molecule has 3 rings (SSSR count). The van der Waals surface area contributed by atoms with Crippen LogP contribution in [0.5, 0.6) is 0 Å². The zero-order valence-corrected chi connectivity index (χ0v) is 15.3. The lowest BCUT2D eigenvalue weighted by atomic mass is 10.1. The van der Waals surface area contributed by atoms with Crippen LogP contribution in [0.15, 0.2) is 18.3 Å². The molecular weight excluding hydrogens is 350 g/mol. The van der Waals surface area contributed by atoms with Crippen LogP contribution in [0.3, 0.4) is 0 Å². The second-order valence-corrected chi connectivity index (χ2v) is 6.57. The molecule has 1 aromatic heterocycles. The molecule has 0 atom stereocenters. The Morgan fingerprint density at radius 1 is 1.15 bits per heavy atom. The van der Waals surface area contributed by atoms with Crippen LogP contribution in [0.1, 0.15) is 20.8 Å². The van der Waals surface area contributed by atoms with E-state index in [1.54, 1.807) is 15.9 Å². The molecule has 9 heteroatoms. The summed E-state index contributed by atoms with van der Waals surface area (Å²) in [4.78, 5) is 45.4. The van der Waals surface area contributed by atoms with Gasteiger partial charge < -0.3 is 19.9 Å². The van der Waals surface area contributed by atoms with Crippen molar-refractivity contribution in [2.75, 3.05) is 65.6 Å². The van der Waals surface area contributed by atoms with Crippen molar-refractivity contribution in [3.8, 4) is 0 Å². The zero-order valence-electron chi connectivity index (χ0n) is 15.3. The summed E-state index contributed by atoms with van der Waals surface area (Å²) in [5, 5.41) is 2.85. The van der Waals surface area contributed by atoms with Gasteiger partial charge in [0.1, 0.15) is 5.69 Å². The van der Waals surface area contributed by atoms with Gasteiger partial charge in [-0.1, -0.05) is 0 Å². The highest BCUT2D eigenvalue weighted by molar-refractivity contribution is 5.98. The first-order chi connectivity index (χ1) is 13.2. The van der Waals surface area contributed by atoms with Gasteiger partial charge in [0.2, 0.25) is 6.41 Å². The van der Waals surface area contributed by atoms with Crippen LogP contribution in [0, 0.1) is 0 Å². The number of carbonyl (C=O) groups is 3. The predicted octanol–water partition coefficient (Wildman–Crippen LogP) is -0.942. The number of nitrogens with zero attached hydrogens (tertiary/aromatic N) is 4. The number of amides is 3. The number of carbonyl (C=O) groups excluding carboxylic acids is 3. The number of aromatic nitrogens is 1. The van der Waals surface area contributed by atoms with Crippen LogP contribution in [-0.4, -0.2) is 103 Å². The minimum Gasteiger partial charge on any atom is -0.379 e. The third-order valence-electron chi connectivity index (χ3n) is 4.81. The highest BCUT2D eigenvalue weighted by atomic mass is 16.5. The second-order valence-electron chi connectivity index (χ2n) is 6.57. The largest absolute Gasteiger partial charge is 0.379 e. The van der Waals surface area contributed by atoms with Gasteiger partial charge in [0.15, 0.2) is 0 Å². The van der Waals surface area contributed by atoms with Crippen molar-refractivity contribution < 1.29 is 19.1 Å². The molecule has 2 saturated heterocycles. The van der Waals surface area contributed by atoms with E-state index in [1.807, 2.05) is 0 Å². The Bertz CT molecular complexity index is 669. The van der Waals surface area contributed by atoms with Gasteiger partial charge in [0, 0.05) is 64.1 Å². The Balaban J connectivity index is 1.52. The normalized spacial score (nSPS) is 18.2. The van der Waals surface area contributed by atoms with E-state index in [-0.39, 0.29) is 17.5 Å². The highest BCUT2D eigenvalue weighted by Gasteiger charge is 2.22. The Morgan fingerprint density at radius 2 is 1.89 bits per heavy atom. The molecule has 1 aromatic rings. The maximum absolute atomic E-state index is 12.6. The fourth-order valence-electron chi connectivity index (χ4n) is 3.14. The number of hydrogen-bond donors (Lipinski definition) is 1. The van der Waals surface area contributed by atoms with Gasteiger partial charge in [-0.3, -0.25) is 24.3 Å². The van der Waals surface area contributed by atoms with Crippen molar-refractivity contribution in [1.82, 2.24) is 25.0 Å². The quantitative estimate of drug-likeness (QED) is 0.645. The van der Waals surface area contributed by atoms with Crippen molar-refractivity contribution in [3.05, 3.63) is 29.6 Å². The standard InChI is InChI=1S/C18H25N5O4/c24-14-22-5-7-23(8-6-22)18(26)15-1-2-19-16(13-15)17(25)20-3-4-21-9-11-27-12-10-21/h1-2,13-14H,3-12H2,(H,20,25). The smallest absolute Gasteiger partial charge is 0.269 e. The van der Waals surface area contributed by atoms with Gasteiger partial charge in [-0.15, -0.1) is 0 Å². The molecule has 0 bridgehead atoms.